The minimum atomic E-state index is -4.60. The van der Waals surface area contributed by atoms with E-state index in [1.807, 2.05) is 0 Å². The highest BCUT2D eigenvalue weighted by atomic mass is 79.9. The summed E-state index contributed by atoms with van der Waals surface area (Å²) in [5.74, 6) is -1.12. The van der Waals surface area contributed by atoms with Gasteiger partial charge in [0.1, 0.15) is 5.69 Å². The molecular weight excluding hydrogens is 254 g/mol. The molecule has 13 heavy (non-hydrogen) atoms. The molecule has 1 aromatic rings. The van der Waals surface area contributed by atoms with E-state index >= 15 is 0 Å². The lowest BCUT2D eigenvalue weighted by molar-refractivity contribution is -0.141. The van der Waals surface area contributed by atoms with Gasteiger partial charge in [0.05, 0.1) is 0 Å². The predicted octanol–water partition coefficient (Wildman–Crippen LogP) is 3.13. The number of rotatable bonds is 1. The van der Waals surface area contributed by atoms with Crippen LogP contribution in [0, 0.1) is 5.95 Å². The average Bonchev–Trinajstić information content (AvgIpc) is 2.01. The first-order valence-electron chi connectivity index (χ1n) is 3.23. The Balaban J connectivity index is 3.16. The third kappa shape index (κ3) is 2.65. The van der Waals surface area contributed by atoms with Crippen molar-refractivity contribution in [3.05, 3.63) is 29.3 Å². The Morgan fingerprint density at radius 3 is 2.38 bits per heavy atom. The Bertz CT molecular complexity index is 310. The Labute approximate surface area is 79.9 Å². The number of nitrogens with zero attached hydrogens (tertiary/aromatic N) is 1. The monoisotopic (exact) mass is 257 g/mol. The maximum absolute atomic E-state index is 12.5. The van der Waals surface area contributed by atoms with Crippen LogP contribution in [0.15, 0.2) is 12.1 Å². The summed E-state index contributed by atoms with van der Waals surface area (Å²) in [6.45, 7) is 0. The lowest BCUT2D eigenvalue weighted by Crippen LogP contribution is -2.09. The van der Waals surface area contributed by atoms with Gasteiger partial charge in [-0.25, -0.2) is 4.98 Å². The molecule has 0 atom stereocenters. The zero-order valence-electron chi connectivity index (χ0n) is 6.20. The molecule has 0 bridgehead atoms. The fourth-order valence-corrected chi connectivity index (χ4v) is 1.10. The van der Waals surface area contributed by atoms with Crippen molar-refractivity contribution in [3.63, 3.8) is 0 Å². The van der Waals surface area contributed by atoms with E-state index in [4.69, 9.17) is 0 Å². The SMILES string of the molecule is Fc1cc(CBr)cc(C(F)(F)F)n1. The van der Waals surface area contributed by atoms with E-state index in [9.17, 15) is 17.6 Å². The summed E-state index contributed by atoms with van der Waals surface area (Å²) in [5.41, 5.74) is -0.998. The molecule has 0 aliphatic heterocycles. The minimum absolute atomic E-state index is 0.162. The summed E-state index contributed by atoms with van der Waals surface area (Å²) in [5, 5.41) is 0.162. The highest BCUT2D eigenvalue weighted by Gasteiger charge is 2.33. The molecule has 0 amide bonds. The zero-order valence-corrected chi connectivity index (χ0v) is 7.78. The molecule has 1 aromatic heterocycles. The van der Waals surface area contributed by atoms with Gasteiger partial charge < -0.3 is 0 Å². The number of pyridine rings is 1. The second-order valence-corrected chi connectivity index (χ2v) is 2.88. The molecule has 0 unspecified atom stereocenters. The lowest BCUT2D eigenvalue weighted by atomic mass is 10.2. The number of hydrogen-bond acceptors (Lipinski definition) is 1. The van der Waals surface area contributed by atoms with Crippen LogP contribution in [0.25, 0.3) is 0 Å². The van der Waals surface area contributed by atoms with E-state index in [-0.39, 0.29) is 10.9 Å². The quantitative estimate of drug-likeness (QED) is 0.428. The van der Waals surface area contributed by atoms with Crippen molar-refractivity contribution >= 4 is 15.9 Å². The van der Waals surface area contributed by atoms with Crippen LogP contribution in [0.3, 0.4) is 0 Å². The summed E-state index contributed by atoms with van der Waals surface area (Å²) in [7, 11) is 0. The summed E-state index contributed by atoms with van der Waals surface area (Å²) >= 11 is 2.93. The molecule has 1 nitrogen and oxygen atoms in total. The number of halogens is 5. The molecule has 6 heteroatoms. The maximum atomic E-state index is 12.5. The van der Waals surface area contributed by atoms with E-state index in [0.717, 1.165) is 12.1 Å². The van der Waals surface area contributed by atoms with E-state index in [2.05, 4.69) is 20.9 Å². The van der Waals surface area contributed by atoms with Gasteiger partial charge >= 0.3 is 6.18 Å². The van der Waals surface area contributed by atoms with Gasteiger partial charge in [0.15, 0.2) is 0 Å². The van der Waals surface area contributed by atoms with Crippen molar-refractivity contribution in [3.8, 4) is 0 Å². The van der Waals surface area contributed by atoms with Crippen LogP contribution in [0.4, 0.5) is 17.6 Å². The van der Waals surface area contributed by atoms with Crippen LogP contribution in [-0.4, -0.2) is 4.98 Å². The molecule has 0 aliphatic rings. The van der Waals surface area contributed by atoms with Gasteiger partial charge in [0.25, 0.3) is 0 Å². The van der Waals surface area contributed by atoms with E-state index < -0.39 is 17.8 Å². The molecule has 0 saturated carbocycles. The van der Waals surface area contributed by atoms with Gasteiger partial charge in [0.2, 0.25) is 5.95 Å². The summed E-state index contributed by atoms with van der Waals surface area (Å²) in [4.78, 5) is 2.74. The lowest BCUT2D eigenvalue weighted by Gasteiger charge is -2.06. The summed E-state index contributed by atoms with van der Waals surface area (Å²) in [6, 6.07) is 1.75. The van der Waals surface area contributed by atoms with Crippen molar-refractivity contribution in [2.75, 3.05) is 0 Å². The Morgan fingerprint density at radius 2 is 1.92 bits per heavy atom. The first-order valence-corrected chi connectivity index (χ1v) is 4.35. The van der Waals surface area contributed by atoms with Crippen LogP contribution in [0.5, 0.6) is 0 Å². The van der Waals surface area contributed by atoms with Crippen molar-refractivity contribution < 1.29 is 17.6 Å². The molecule has 0 radical (unpaired) electrons. The van der Waals surface area contributed by atoms with E-state index in [0.29, 0.717) is 0 Å². The number of aromatic nitrogens is 1. The molecular formula is C7H4BrF4N. The smallest absolute Gasteiger partial charge is 0.215 e. The van der Waals surface area contributed by atoms with Gasteiger partial charge in [0, 0.05) is 5.33 Å². The molecule has 0 aliphatic carbocycles. The number of hydrogen-bond donors (Lipinski definition) is 0. The second kappa shape index (κ2) is 3.61. The highest BCUT2D eigenvalue weighted by Crippen LogP contribution is 2.28. The molecule has 0 N–H and O–H groups in total. The van der Waals surface area contributed by atoms with Gasteiger partial charge in [-0.2, -0.15) is 17.6 Å². The molecule has 0 fully saturated rings. The normalized spacial score (nSPS) is 11.8. The molecule has 1 heterocycles. The van der Waals surface area contributed by atoms with Gasteiger partial charge in [-0.1, -0.05) is 15.9 Å². The van der Waals surface area contributed by atoms with Crippen molar-refractivity contribution in [2.45, 2.75) is 11.5 Å². The average molecular weight is 258 g/mol. The standard InChI is InChI=1S/C7H4BrF4N/c8-3-4-1-5(7(10,11)12)13-6(9)2-4/h1-2H,3H2. The fraction of sp³-hybridized carbons (Fsp3) is 0.286. The third-order valence-corrected chi connectivity index (χ3v) is 1.95. The van der Waals surface area contributed by atoms with Crippen LogP contribution < -0.4 is 0 Å². The Kier molecular flexibility index (Phi) is 2.90. The second-order valence-electron chi connectivity index (χ2n) is 2.31. The number of alkyl halides is 4. The highest BCUT2D eigenvalue weighted by molar-refractivity contribution is 9.08. The van der Waals surface area contributed by atoms with E-state index in [1.165, 1.54) is 0 Å². The maximum Gasteiger partial charge on any atom is 0.433 e. The van der Waals surface area contributed by atoms with Gasteiger partial charge in [-0.15, -0.1) is 0 Å². The van der Waals surface area contributed by atoms with Crippen molar-refractivity contribution in [2.24, 2.45) is 0 Å². The van der Waals surface area contributed by atoms with Crippen LogP contribution in [0.2, 0.25) is 0 Å². The summed E-state index contributed by atoms with van der Waals surface area (Å²) < 4.78 is 48.6. The molecule has 0 saturated heterocycles. The predicted molar refractivity (Wildman–Crippen MR) is 41.8 cm³/mol. The van der Waals surface area contributed by atoms with Crippen molar-refractivity contribution in [1.82, 2.24) is 4.98 Å². The molecule has 0 aromatic carbocycles. The van der Waals surface area contributed by atoms with E-state index in [1.54, 1.807) is 0 Å². The first-order chi connectivity index (χ1) is 5.93. The third-order valence-electron chi connectivity index (χ3n) is 1.30. The fourth-order valence-electron chi connectivity index (χ4n) is 0.772. The molecule has 0 spiro atoms. The van der Waals surface area contributed by atoms with Crippen molar-refractivity contribution in [1.29, 1.82) is 0 Å². The summed E-state index contributed by atoms with van der Waals surface area (Å²) in [6.07, 6.45) is -4.60. The Hall–Kier alpha value is -0.650. The molecule has 1 rings (SSSR count). The van der Waals surface area contributed by atoms with Gasteiger partial charge in [-0.05, 0) is 17.7 Å². The largest absolute Gasteiger partial charge is 0.433 e. The minimum Gasteiger partial charge on any atom is -0.215 e. The van der Waals surface area contributed by atoms with Gasteiger partial charge in [-0.3, -0.25) is 0 Å². The topological polar surface area (TPSA) is 12.9 Å². The van der Waals surface area contributed by atoms with Crippen LogP contribution in [-0.2, 0) is 11.5 Å². The van der Waals surface area contributed by atoms with Crippen LogP contribution in [0.1, 0.15) is 11.3 Å². The van der Waals surface area contributed by atoms with Crippen LogP contribution >= 0.6 is 15.9 Å². The molecule has 72 valence electrons. The first kappa shape index (κ1) is 10.4. The zero-order chi connectivity index (χ0) is 10.1. The Morgan fingerprint density at radius 1 is 1.31 bits per heavy atom.